The lowest BCUT2D eigenvalue weighted by molar-refractivity contribution is 0.0173. The molecule has 90 valence electrons. The summed E-state index contributed by atoms with van der Waals surface area (Å²) in [5, 5.41) is 0. The van der Waals surface area contributed by atoms with Crippen LogP contribution in [0.1, 0.15) is 38.3 Å². The zero-order valence-corrected chi connectivity index (χ0v) is 10.1. The molecule has 0 spiro atoms. The van der Waals surface area contributed by atoms with Gasteiger partial charge in [-0.05, 0) is 30.0 Å². The van der Waals surface area contributed by atoms with Crippen LogP contribution in [-0.4, -0.2) is 6.54 Å². The van der Waals surface area contributed by atoms with Crippen molar-refractivity contribution >= 4 is 0 Å². The Kier molecular flexibility index (Phi) is 3.68. The van der Waals surface area contributed by atoms with Crippen molar-refractivity contribution in [1.82, 2.24) is 0 Å². The van der Waals surface area contributed by atoms with Gasteiger partial charge in [0.15, 0.2) is 0 Å². The van der Waals surface area contributed by atoms with E-state index < -0.39 is 5.92 Å². The summed E-state index contributed by atoms with van der Waals surface area (Å²) < 4.78 is 26.4. The third-order valence-corrected chi connectivity index (χ3v) is 2.92. The Labute approximate surface area is 95.7 Å². The van der Waals surface area contributed by atoms with Crippen LogP contribution in [0.2, 0.25) is 0 Å². The first-order valence-electron chi connectivity index (χ1n) is 5.46. The van der Waals surface area contributed by atoms with E-state index in [1.54, 1.807) is 12.1 Å². The minimum absolute atomic E-state index is 0.0649. The number of hydrogen-bond acceptors (Lipinski definition) is 1. The van der Waals surface area contributed by atoms with Crippen molar-refractivity contribution in [3.05, 3.63) is 35.4 Å². The van der Waals surface area contributed by atoms with E-state index in [1.807, 2.05) is 19.9 Å². The van der Waals surface area contributed by atoms with Gasteiger partial charge in [-0.1, -0.05) is 32.0 Å². The van der Waals surface area contributed by atoms with E-state index in [0.717, 1.165) is 18.9 Å². The molecular weight excluding hydrogens is 208 g/mol. The first-order valence-corrected chi connectivity index (χ1v) is 5.46. The quantitative estimate of drug-likeness (QED) is 0.838. The molecule has 0 aliphatic heterocycles. The second-order valence-corrected chi connectivity index (χ2v) is 4.89. The fourth-order valence-corrected chi connectivity index (χ4v) is 1.72. The molecule has 0 aromatic heterocycles. The Morgan fingerprint density at radius 2 is 1.69 bits per heavy atom. The highest BCUT2D eigenvalue weighted by Gasteiger charge is 2.27. The highest BCUT2D eigenvalue weighted by atomic mass is 19.3. The summed E-state index contributed by atoms with van der Waals surface area (Å²) in [7, 11) is 0. The van der Waals surface area contributed by atoms with Crippen LogP contribution in [0.3, 0.4) is 0 Å². The number of hydrogen-bond donors (Lipinski definition) is 1. The summed E-state index contributed by atoms with van der Waals surface area (Å²) in [6.07, 6.45) is 0.783. The summed E-state index contributed by atoms with van der Waals surface area (Å²) in [4.78, 5) is 0. The lowest BCUT2D eigenvalue weighted by atomic mass is 9.81. The molecular formula is C13H19F2N. The molecule has 0 saturated carbocycles. The third kappa shape index (κ3) is 3.01. The molecule has 1 rings (SSSR count). The van der Waals surface area contributed by atoms with Gasteiger partial charge >= 0.3 is 0 Å². The molecule has 0 radical (unpaired) electrons. The predicted octanol–water partition coefficient (Wildman–Crippen LogP) is 3.42. The zero-order chi connectivity index (χ0) is 12.4. The van der Waals surface area contributed by atoms with Gasteiger partial charge in [0.2, 0.25) is 0 Å². The van der Waals surface area contributed by atoms with Gasteiger partial charge in [0.05, 0.1) is 0 Å². The van der Waals surface area contributed by atoms with Crippen molar-refractivity contribution in [1.29, 1.82) is 0 Å². The molecule has 0 unspecified atom stereocenters. The van der Waals surface area contributed by atoms with E-state index in [2.05, 4.69) is 0 Å². The molecule has 0 aliphatic rings. The molecule has 0 fully saturated rings. The number of alkyl halides is 2. The minimum Gasteiger partial charge on any atom is -0.330 e. The van der Waals surface area contributed by atoms with Crippen molar-refractivity contribution in [2.24, 2.45) is 5.73 Å². The number of nitrogens with two attached hydrogens (primary N) is 1. The van der Waals surface area contributed by atoms with Crippen LogP contribution in [-0.2, 0) is 11.3 Å². The van der Waals surface area contributed by atoms with E-state index >= 15 is 0 Å². The molecule has 1 aromatic carbocycles. The topological polar surface area (TPSA) is 26.0 Å². The average Bonchev–Trinajstić information content (AvgIpc) is 2.16. The lowest BCUT2D eigenvalue weighted by Crippen LogP contribution is -2.22. The third-order valence-electron chi connectivity index (χ3n) is 2.92. The van der Waals surface area contributed by atoms with Gasteiger partial charge in [0.25, 0.3) is 5.92 Å². The fourth-order valence-electron chi connectivity index (χ4n) is 1.72. The maximum absolute atomic E-state index is 13.2. The molecule has 0 bridgehead atoms. The SMILES string of the molecule is CC(F)(F)c1cccc(C(C)(C)CCN)c1. The van der Waals surface area contributed by atoms with Crippen molar-refractivity contribution in [3.8, 4) is 0 Å². The van der Waals surface area contributed by atoms with Gasteiger partial charge in [-0.25, -0.2) is 8.78 Å². The monoisotopic (exact) mass is 227 g/mol. The minimum atomic E-state index is -2.78. The standard InChI is InChI=1S/C13H19F2N/c1-12(2,7-8-16)10-5-4-6-11(9-10)13(3,14)15/h4-6,9H,7-8,16H2,1-3H3. The van der Waals surface area contributed by atoms with Gasteiger partial charge < -0.3 is 5.73 Å². The highest BCUT2D eigenvalue weighted by molar-refractivity contribution is 5.31. The van der Waals surface area contributed by atoms with E-state index in [1.165, 1.54) is 6.07 Å². The largest absolute Gasteiger partial charge is 0.330 e. The van der Waals surface area contributed by atoms with Gasteiger partial charge in [-0.15, -0.1) is 0 Å². The Bertz CT molecular complexity index is 353. The van der Waals surface area contributed by atoms with Crippen LogP contribution < -0.4 is 5.73 Å². The Morgan fingerprint density at radius 3 is 2.19 bits per heavy atom. The molecule has 0 saturated heterocycles. The van der Waals surface area contributed by atoms with E-state index in [4.69, 9.17) is 5.73 Å². The first-order chi connectivity index (χ1) is 7.27. The van der Waals surface area contributed by atoms with Gasteiger partial charge in [-0.3, -0.25) is 0 Å². The maximum atomic E-state index is 13.2. The van der Waals surface area contributed by atoms with E-state index in [9.17, 15) is 8.78 Å². The van der Waals surface area contributed by atoms with Crippen LogP contribution in [0.5, 0.6) is 0 Å². The van der Waals surface area contributed by atoms with Crippen LogP contribution in [0.25, 0.3) is 0 Å². The summed E-state index contributed by atoms with van der Waals surface area (Å²) in [6.45, 7) is 5.52. The summed E-state index contributed by atoms with van der Waals surface area (Å²) in [5.41, 5.74) is 6.35. The van der Waals surface area contributed by atoms with Crippen LogP contribution in [0.4, 0.5) is 8.78 Å². The number of benzene rings is 1. The zero-order valence-electron chi connectivity index (χ0n) is 10.1. The summed E-state index contributed by atoms with van der Waals surface area (Å²) in [5.74, 6) is -2.78. The number of halogens is 2. The van der Waals surface area contributed by atoms with Crippen LogP contribution in [0.15, 0.2) is 24.3 Å². The Hall–Kier alpha value is -0.960. The second-order valence-electron chi connectivity index (χ2n) is 4.89. The molecule has 1 nitrogen and oxygen atoms in total. The van der Waals surface area contributed by atoms with Crippen molar-refractivity contribution in [2.45, 2.75) is 38.5 Å². The second kappa shape index (κ2) is 4.50. The van der Waals surface area contributed by atoms with Crippen LogP contribution >= 0.6 is 0 Å². The normalized spacial score (nSPS) is 12.9. The molecule has 2 N–H and O–H groups in total. The van der Waals surface area contributed by atoms with Gasteiger partial charge in [0, 0.05) is 12.5 Å². The van der Waals surface area contributed by atoms with Crippen molar-refractivity contribution in [3.63, 3.8) is 0 Å². The van der Waals surface area contributed by atoms with E-state index in [-0.39, 0.29) is 11.0 Å². The molecule has 3 heteroatoms. The fraction of sp³-hybridized carbons (Fsp3) is 0.538. The maximum Gasteiger partial charge on any atom is 0.270 e. The number of rotatable bonds is 4. The Morgan fingerprint density at radius 1 is 1.12 bits per heavy atom. The van der Waals surface area contributed by atoms with E-state index in [0.29, 0.717) is 6.54 Å². The predicted molar refractivity (Wildman–Crippen MR) is 62.7 cm³/mol. The van der Waals surface area contributed by atoms with Gasteiger partial charge in [-0.2, -0.15) is 0 Å². The summed E-state index contributed by atoms with van der Waals surface area (Å²) >= 11 is 0. The lowest BCUT2D eigenvalue weighted by Gasteiger charge is -2.25. The van der Waals surface area contributed by atoms with Gasteiger partial charge in [0.1, 0.15) is 0 Å². The first kappa shape index (κ1) is 13.1. The molecule has 0 heterocycles. The average molecular weight is 227 g/mol. The molecule has 16 heavy (non-hydrogen) atoms. The molecule has 0 amide bonds. The molecule has 0 aliphatic carbocycles. The molecule has 1 aromatic rings. The Balaban J connectivity index is 3.08. The van der Waals surface area contributed by atoms with Crippen LogP contribution in [0, 0.1) is 0 Å². The highest BCUT2D eigenvalue weighted by Crippen LogP contribution is 2.32. The van der Waals surface area contributed by atoms with Crippen molar-refractivity contribution < 1.29 is 8.78 Å². The summed E-state index contributed by atoms with van der Waals surface area (Å²) in [6, 6.07) is 6.60. The van der Waals surface area contributed by atoms with Crippen molar-refractivity contribution in [2.75, 3.05) is 6.54 Å². The smallest absolute Gasteiger partial charge is 0.270 e. The molecule has 0 atom stereocenters.